The highest BCUT2D eigenvalue weighted by Gasteiger charge is 1.99. The number of rotatable bonds is 6. The molecule has 84 valence electrons. The minimum atomic E-state index is -0.170. The average Bonchev–Trinajstić information content (AvgIpc) is 2.22. The highest BCUT2D eigenvalue weighted by Crippen LogP contribution is 2.05. The first-order valence-electron chi connectivity index (χ1n) is 5.30. The second-order valence-electron chi connectivity index (χ2n) is 3.82. The van der Waals surface area contributed by atoms with Crippen molar-refractivity contribution >= 4 is 0 Å². The lowest BCUT2D eigenvalue weighted by atomic mass is 10.2. The zero-order valence-corrected chi connectivity index (χ0v) is 9.46. The second-order valence-corrected chi connectivity index (χ2v) is 3.82. The summed E-state index contributed by atoms with van der Waals surface area (Å²) in [5.41, 5.74) is 1.16. The Bertz CT molecular complexity index is 271. The zero-order chi connectivity index (χ0) is 11.1. The molecule has 0 fully saturated rings. The van der Waals surface area contributed by atoms with Crippen molar-refractivity contribution in [2.75, 3.05) is 27.2 Å². The maximum absolute atomic E-state index is 12.7. The van der Waals surface area contributed by atoms with E-state index >= 15 is 0 Å². The van der Waals surface area contributed by atoms with Gasteiger partial charge < -0.3 is 10.2 Å². The average molecular weight is 210 g/mol. The molecule has 0 aliphatic carbocycles. The van der Waals surface area contributed by atoms with Crippen molar-refractivity contribution in [2.24, 2.45) is 0 Å². The minimum Gasteiger partial charge on any atom is -0.320 e. The van der Waals surface area contributed by atoms with Gasteiger partial charge in [0.05, 0.1) is 0 Å². The summed E-state index contributed by atoms with van der Waals surface area (Å²) in [4.78, 5) is 2.24. The Labute approximate surface area is 91.1 Å². The Balaban J connectivity index is 2.31. The summed E-state index contributed by atoms with van der Waals surface area (Å²) in [6, 6.07) is 6.70. The summed E-state index contributed by atoms with van der Waals surface area (Å²) in [6.07, 6.45) is 1.13. The lowest BCUT2D eigenvalue weighted by Crippen LogP contribution is -2.22. The maximum Gasteiger partial charge on any atom is 0.123 e. The molecule has 0 heterocycles. The number of nitrogens with zero attached hydrogens (tertiary/aromatic N) is 1. The van der Waals surface area contributed by atoms with Gasteiger partial charge in [0.2, 0.25) is 0 Å². The molecule has 1 aromatic rings. The van der Waals surface area contributed by atoms with Crippen LogP contribution in [0.2, 0.25) is 0 Å². The third kappa shape index (κ3) is 4.91. The molecular formula is C12H19FN2. The van der Waals surface area contributed by atoms with Gasteiger partial charge in [-0.3, -0.25) is 0 Å². The Hall–Kier alpha value is -0.930. The van der Waals surface area contributed by atoms with E-state index in [1.54, 1.807) is 0 Å². The van der Waals surface area contributed by atoms with Gasteiger partial charge in [-0.2, -0.15) is 0 Å². The number of benzene rings is 1. The highest BCUT2D eigenvalue weighted by molar-refractivity contribution is 5.15. The van der Waals surface area contributed by atoms with Gasteiger partial charge in [-0.05, 0) is 51.3 Å². The normalized spacial score (nSPS) is 10.9. The molecule has 0 atom stereocenters. The molecule has 1 N–H and O–H groups in total. The van der Waals surface area contributed by atoms with Gasteiger partial charge in [-0.15, -0.1) is 0 Å². The summed E-state index contributed by atoms with van der Waals surface area (Å²) < 4.78 is 12.7. The molecule has 3 heteroatoms. The Kier molecular flexibility index (Phi) is 5.29. The summed E-state index contributed by atoms with van der Waals surface area (Å²) in [7, 11) is 4.04. The van der Waals surface area contributed by atoms with E-state index < -0.39 is 0 Å². The van der Waals surface area contributed by atoms with Crippen molar-refractivity contribution in [1.29, 1.82) is 0 Å². The maximum atomic E-state index is 12.7. The predicted octanol–water partition coefficient (Wildman–Crippen LogP) is 1.87. The predicted molar refractivity (Wildman–Crippen MR) is 61.3 cm³/mol. The van der Waals surface area contributed by atoms with Crippen molar-refractivity contribution in [3.8, 4) is 0 Å². The molecule has 0 bridgehead atoms. The number of hydrogen-bond donors (Lipinski definition) is 1. The van der Waals surface area contributed by atoms with E-state index in [2.05, 4.69) is 17.3 Å². The molecule has 0 saturated heterocycles. The lowest BCUT2D eigenvalue weighted by Gasteiger charge is -2.16. The summed E-state index contributed by atoms with van der Waals surface area (Å²) in [5.74, 6) is -0.170. The first kappa shape index (κ1) is 12.1. The molecule has 0 spiro atoms. The van der Waals surface area contributed by atoms with Gasteiger partial charge in [0, 0.05) is 6.54 Å². The number of nitrogens with one attached hydrogen (secondary N) is 1. The van der Waals surface area contributed by atoms with Crippen molar-refractivity contribution in [3.63, 3.8) is 0 Å². The van der Waals surface area contributed by atoms with Gasteiger partial charge in [-0.25, -0.2) is 4.39 Å². The molecule has 0 unspecified atom stereocenters. The van der Waals surface area contributed by atoms with Gasteiger partial charge in [0.25, 0.3) is 0 Å². The van der Waals surface area contributed by atoms with Crippen molar-refractivity contribution in [3.05, 3.63) is 35.6 Å². The van der Waals surface area contributed by atoms with E-state index in [0.29, 0.717) is 0 Å². The summed E-state index contributed by atoms with van der Waals surface area (Å²) in [5, 5.41) is 3.12. The Morgan fingerprint density at radius 2 is 1.93 bits per heavy atom. The Morgan fingerprint density at radius 3 is 2.53 bits per heavy atom. The molecule has 0 amide bonds. The summed E-state index contributed by atoms with van der Waals surface area (Å²) in [6.45, 7) is 2.97. The third-order valence-corrected chi connectivity index (χ3v) is 2.33. The van der Waals surface area contributed by atoms with Crippen LogP contribution in [0.4, 0.5) is 4.39 Å². The first-order chi connectivity index (χ1) is 7.22. The number of halogens is 1. The van der Waals surface area contributed by atoms with E-state index in [1.165, 1.54) is 12.1 Å². The van der Waals surface area contributed by atoms with Crippen LogP contribution in [0.25, 0.3) is 0 Å². The fourth-order valence-electron chi connectivity index (χ4n) is 1.51. The molecule has 0 aliphatic rings. The smallest absolute Gasteiger partial charge is 0.123 e. The SMILES string of the molecule is CNCCCN(C)Cc1ccc(F)cc1. The second kappa shape index (κ2) is 6.53. The van der Waals surface area contributed by atoms with Crippen LogP contribution in [0, 0.1) is 5.82 Å². The van der Waals surface area contributed by atoms with Crippen LogP contribution >= 0.6 is 0 Å². The fraction of sp³-hybridized carbons (Fsp3) is 0.500. The molecule has 0 aliphatic heterocycles. The lowest BCUT2D eigenvalue weighted by molar-refractivity contribution is 0.321. The van der Waals surface area contributed by atoms with E-state index in [0.717, 1.165) is 31.6 Å². The molecular weight excluding hydrogens is 191 g/mol. The Morgan fingerprint density at radius 1 is 1.27 bits per heavy atom. The monoisotopic (exact) mass is 210 g/mol. The van der Waals surface area contributed by atoms with Crippen LogP contribution in [0.5, 0.6) is 0 Å². The van der Waals surface area contributed by atoms with Crippen LogP contribution in [0.15, 0.2) is 24.3 Å². The molecule has 15 heavy (non-hydrogen) atoms. The molecule has 2 nitrogen and oxygen atoms in total. The highest BCUT2D eigenvalue weighted by atomic mass is 19.1. The van der Waals surface area contributed by atoms with E-state index in [1.807, 2.05) is 19.2 Å². The van der Waals surface area contributed by atoms with Crippen LogP contribution in [-0.4, -0.2) is 32.1 Å². The van der Waals surface area contributed by atoms with Crippen molar-refractivity contribution in [2.45, 2.75) is 13.0 Å². The van der Waals surface area contributed by atoms with Crippen molar-refractivity contribution in [1.82, 2.24) is 10.2 Å². The van der Waals surface area contributed by atoms with Crippen LogP contribution in [0.1, 0.15) is 12.0 Å². The number of hydrogen-bond acceptors (Lipinski definition) is 2. The van der Waals surface area contributed by atoms with Gasteiger partial charge in [0.15, 0.2) is 0 Å². The van der Waals surface area contributed by atoms with E-state index in [4.69, 9.17) is 0 Å². The van der Waals surface area contributed by atoms with Gasteiger partial charge >= 0.3 is 0 Å². The fourth-order valence-corrected chi connectivity index (χ4v) is 1.51. The zero-order valence-electron chi connectivity index (χ0n) is 9.46. The molecule has 1 aromatic carbocycles. The first-order valence-corrected chi connectivity index (χ1v) is 5.30. The summed E-state index contributed by atoms with van der Waals surface area (Å²) >= 11 is 0. The van der Waals surface area contributed by atoms with Gasteiger partial charge in [-0.1, -0.05) is 12.1 Å². The van der Waals surface area contributed by atoms with E-state index in [9.17, 15) is 4.39 Å². The van der Waals surface area contributed by atoms with Crippen molar-refractivity contribution < 1.29 is 4.39 Å². The molecule has 0 aromatic heterocycles. The standard InChI is InChI=1S/C12H19FN2/c1-14-8-3-9-15(2)10-11-4-6-12(13)7-5-11/h4-7,14H,3,8-10H2,1-2H3. The topological polar surface area (TPSA) is 15.3 Å². The molecule has 0 radical (unpaired) electrons. The third-order valence-electron chi connectivity index (χ3n) is 2.33. The van der Waals surface area contributed by atoms with E-state index in [-0.39, 0.29) is 5.82 Å². The van der Waals surface area contributed by atoms with Crippen LogP contribution < -0.4 is 5.32 Å². The van der Waals surface area contributed by atoms with Crippen LogP contribution in [-0.2, 0) is 6.54 Å². The largest absolute Gasteiger partial charge is 0.320 e. The molecule has 0 saturated carbocycles. The van der Waals surface area contributed by atoms with Gasteiger partial charge in [0.1, 0.15) is 5.82 Å². The molecule has 1 rings (SSSR count). The van der Waals surface area contributed by atoms with Crippen LogP contribution in [0.3, 0.4) is 0 Å². The quantitative estimate of drug-likeness (QED) is 0.721. The minimum absolute atomic E-state index is 0.170.